The van der Waals surface area contributed by atoms with Crippen molar-refractivity contribution in [3.05, 3.63) is 0 Å². The minimum atomic E-state index is -2.82. The van der Waals surface area contributed by atoms with Crippen molar-refractivity contribution in [2.75, 3.05) is 24.6 Å². The Labute approximate surface area is 105 Å². The third kappa shape index (κ3) is 4.94. The lowest BCUT2D eigenvalue weighted by molar-refractivity contribution is 0.131. The van der Waals surface area contributed by atoms with Gasteiger partial charge in [-0.2, -0.15) is 0 Å². The van der Waals surface area contributed by atoms with Crippen LogP contribution in [0.2, 0.25) is 0 Å². The van der Waals surface area contributed by atoms with E-state index < -0.39 is 9.84 Å². The van der Waals surface area contributed by atoms with E-state index in [9.17, 15) is 8.42 Å². The molecule has 0 spiro atoms. The fraction of sp³-hybridized carbons (Fsp3) is 1.00. The molecule has 1 aliphatic heterocycles. The molecule has 17 heavy (non-hydrogen) atoms. The van der Waals surface area contributed by atoms with E-state index in [0.29, 0.717) is 11.8 Å². The van der Waals surface area contributed by atoms with Crippen LogP contribution in [0.4, 0.5) is 0 Å². The molecule has 0 aliphatic carbocycles. The van der Waals surface area contributed by atoms with Crippen molar-refractivity contribution in [2.24, 2.45) is 5.73 Å². The summed E-state index contributed by atoms with van der Waals surface area (Å²) in [6.07, 6.45) is 4.34. The maximum absolute atomic E-state index is 11.4. The number of nitrogens with two attached hydrogens (primary N) is 1. The second-order valence-corrected chi connectivity index (χ2v) is 7.52. The Bertz CT molecular complexity index is 314. The van der Waals surface area contributed by atoms with E-state index in [1.807, 2.05) is 6.92 Å². The maximum Gasteiger partial charge on any atom is 0.150 e. The average molecular weight is 262 g/mol. The molecule has 1 heterocycles. The Hall–Kier alpha value is -0.130. The van der Waals surface area contributed by atoms with Crippen LogP contribution in [0.5, 0.6) is 0 Å². The Balaban J connectivity index is 2.39. The molecule has 1 saturated heterocycles. The van der Waals surface area contributed by atoms with Gasteiger partial charge < -0.3 is 5.73 Å². The molecule has 0 amide bonds. The van der Waals surface area contributed by atoms with Gasteiger partial charge in [0, 0.05) is 17.8 Å². The van der Waals surface area contributed by atoms with Crippen LogP contribution in [-0.4, -0.2) is 50.0 Å². The predicted molar refractivity (Wildman–Crippen MR) is 71.8 cm³/mol. The number of likely N-dealkylation sites (tertiary alicyclic amines) is 1. The third-order valence-electron chi connectivity index (χ3n) is 3.61. The van der Waals surface area contributed by atoms with Crippen LogP contribution in [0.1, 0.15) is 39.5 Å². The summed E-state index contributed by atoms with van der Waals surface area (Å²) in [6.45, 7) is 5.69. The highest BCUT2D eigenvalue weighted by atomic mass is 32.2. The summed E-state index contributed by atoms with van der Waals surface area (Å²) < 4.78 is 22.8. The predicted octanol–water partition coefficient (Wildman–Crippen LogP) is 1.01. The fourth-order valence-electron chi connectivity index (χ4n) is 2.52. The van der Waals surface area contributed by atoms with Crippen LogP contribution >= 0.6 is 0 Å². The van der Waals surface area contributed by atoms with E-state index in [1.54, 1.807) is 6.92 Å². The molecule has 1 rings (SSSR count). The van der Waals surface area contributed by atoms with E-state index in [1.165, 1.54) is 12.8 Å². The molecular weight excluding hydrogens is 236 g/mol. The van der Waals surface area contributed by atoms with Crippen molar-refractivity contribution in [3.63, 3.8) is 0 Å². The van der Waals surface area contributed by atoms with Crippen molar-refractivity contribution < 1.29 is 8.42 Å². The van der Waals surface area contributed by atoms with E-state index in [2.05, 4.69) is 4.90 Å². The van der Waals surface area contributed by atoms with Crippen LogP contribution in [0.15, 0.2) is 0 Å². The zero-order valence-electron chi connectivity index (χ0n) is 11.1. The molecule has 1 fully saturated rings. The SMILES string of the molecule is CCS(=O)(=O)CCCN1CCCCC1C(C)N. The van der Waals surface area contributed by atoms with Crippen molar-refractivity contribution >= 4 is 9.84 Å². The molecule has 2 atom stereocenters. The summed E-state index contributed by atoms with van der Waals surface area (Å²) in [5, 5.41) is 0. The smallest absolute Gasteiger partial charge is 0.150 e. The molecule has 102 valence electrons. The van der Waals surface area contributed by atoms with Gasteiger partial charge in [-0.15, -0.1) is 0 Å². The number of piperidine rings is 1. The van der Waals surface area contributed by atoms with Crippen LogP contribution in [-0.2, 0) is 9.84 Å². The number of sulfone groups is 1. The van der Waals surface area contributed by atoms with Gasteiger partial charge in [0.2, 0.25) is 0 Å². The molecule has 2 unspecified atom stereocenters. The van der Waals surface area contributed by atoms with Crippen molar-refractivity contribution in [1.82, 2.24) is 4.90 Å². The van der Waals surface area contributed by atoms with E-state index >= 15 is 0 Å². The van der Waals surface area contributed by atoms with Crippen LogP contribution < -0.4 is 5.73 Å². The summed E-state index contributed by atoms with van der Waals surface area (Å²) in [5.41, 5.74) is 5.98. The molecule has 0 aromatic rings. The second kappa shape index (κ2) is 6.71. The lowest BCUT2D eigenvalue weighted by Crippen LogP contribution is -2.49. The summed E-state index contributed by atoms with van der Waals surface area (Å²) in [6, 6.07) is 0.617. The molecule has 0 bridgehead atoms. The minimum Gasteiger partial charge on any atom is -0.327 e. The van der Waals surface area contributed by atoms with Gasteiger partial charge in [0.25, 0.3) is 0 Å². The molecule has 0 aromatic heterocycles. The zero-order valence-corrected chi connectivity index (χ0v) is 11.9. The van der Waals surface area contributed by atoms with E-state index in [-0.39, 0.29) is 11.8 Å². The Morgan fingerprint density at radius 3 is 2.71 bits per heavy atom. The van der Waals surface area contributed by atoms with Crippen LogP contribution in [0, 0.1) is 0 Å². The standard InChI is InChI=1S/C12H26N2O2S/c1-3-17(15,16)10-6-9-14-8-5-4-7-12(14)11(2)13/h11-12H,3-10,13H2,1-2H3. The van der Waals surface area contributed by atoms with Gasteiger partial charge in [0.05, 0.1) is 5.75 Å². The quantitative estimate of drug-likeness (QED) is 0.776. The Kier molecular flexibility index (Phi) is 5.89. The third-order valence-corrected chi connectivity index (χ3v) is 5.40. The van der Waals surface area contributed by atoms with Gasteiger partial charge in [0.1, 0.15) is 9.84 Å². The van der Waals surface area contributed by atoms with Gasteiger partial charge in [-0.3, -0.25) is 4.90 Å². The zero-order chi connectivity index (χ0) is 12.9. The molecule has 1 aliphatic rings. The Morgan fingerprint density at radius 1 is 1.41 bits per heavy atom. The van der Waals surface area contributed by atoms with Gasteiger partial charge in [-0.25, -0.2) is 8.42 Å². The van der Waals surface area contributed by atoms with E-state index in [0.717, 1.165) is 25.9 Å². The van der Waals surface area contributed by atoms with Crippen LogP contribution in [0.3, 0.4) is 0 Å². The Morgan fingerprint density at radius 2 is 2.12 bits per heavy atom. The molecule has 4 nitrogen and oxygen atoms in total. The normalized spacial score (nSPS) is 24.8. The first kappa shape index (κ1) is 14.9. The first-order valence-electron chi connectivity index (χ1n) is 6.66. The number of nitrogens with zero attached hydrogens (tertiary/aromatic N) is 1. The van der Waals surface area contributed by atoms with Gasteiger partial charge >= 0.3 is 0 Å². The first-order chi connectivity index (χ1) is 7.96. The summed E-state index contributed by atoms with van der Waals surface area (Å²) in [7, 11) is -2.82. The highest BCUT2D eigenvalue weighted by molar-refractivity contribution is 7.91. The number of hydrogen-bond acceptors (Lipinski definition) is 4. The minimum absolute atomic E-state index is 0.179. The lowest BCUT2D eigenvalue weighted by Gasteiger charge is -2.38. The van der Waals surface area contributed by atoms with Crippen molar-refractivity contribution in [2.45, 2.75) is 51.6 Å². The second-order valence-electron chi connectivity index (χ2n) is 5.05. The number of rotatable bonds is 6. The molecular formula is C12H26N2O2S. The average Bonchev–Trinajstić information content (AvgIpc) is 2.29. The molecule has 5 heteroatoms. The number of hydrogen-bond donors (Lipinski definition) is 1. The molecule has 0 saturated carbocycles. The summed E-state index contributed by atoms with van der Waals surface area (Å²) >= 11 is 0. The fourth-order valence-corrected chi connectivity index (χ4v) is 3.38. The maximum atomic E-state index is 11.4. The molecule has 0 radical (unpaired) electrons. The van der Waals surface area contributed by atoms with Gasteiger partial charge in [-0.1, -0.05) is 13.3 Å². The van der Waals surface area contributed by atoms with Crippen molar-refractivity contribution in [3.8, 4) is 0 Å². The molecule has 0 aromatic carbocycles. The summed E-state index contributed by atoms with van der Waals surface area (Å²) in [5.74, 6) is 0.565. The van der Waals surface area contributed by atoms with Crippen LogP contribution in [0.25, 0.3) is 0 Å². The largest absolute Gasteiger partial charge is 0.327 e. The highest BCUT2D eigenvalue weighted by Gasteiger charge is 2.25. The van der Waals surface area contributed by atoms with Crippen molar-refractivity contribution in [1.29, 1.82) is 0 Å². The topological polar surface area (TPSA) is 63.4 Å². The molecule has 2 N–H and O–H groups in total. The van der Waals surface area contributed by atoms with Gasteiger partial charge in [-0.05, 0) is 39.3 Å². The lowest BCUT2D eigenvalue weighted by atomic mass is 9.97. The highest BCUT2D eigenvalue weighted by Crippen LogP contribution is 2.19. The monoisotopic (exact) mass is 262 g/mol. The first-order valence-corrected chi connectivity index (χ1v) is 8.48. The van der Waals surface area contributed by atoms with Gasteiger partial charge in [0.15, 0.2) is 0 Å². The van der Waals surface area contributed by atoms with E-state index in [4.69, 9.17) is 5.73 Å². The summed E-state index contributed by atoms with van der Waals surface area (Å²) in [4.78, 5) is 2.37.